The van der Waals surface area contributed by atoms with Crippen molar-refractivity contribution in [3.8, 4) is 5.75 Å². The van der Waals surface area contributed by atoms with Crippen molar-refractivity contribution in [1.29, 1.82) is 0 Å². The number of rotatable bonds is 1. The van der Waals surface area contributed by atoms with Gasteiger partial charge in [-0.15, -0.1) is 4.43 Å². The molecule has 1 aliphatic rings. The lowest BCUT2D eigenvalue weighted by Crippen LogP contribution is -2.36. The van der Waals surface area contributed by atoms with Gasteiger partial charge < -0.3 is 9.64 Å². The largest absolute Gasteiger partial charge is 0.487 e. The van der Waals surface area contributed by atoms with Crippen molar-refractivity contribution < 1.29 is 13.5 Å². The third-order valence-electron chi connectivity index (χ3n) is 2.67. The smallest absolute Gasteiger partial charge is 0.262 e. The Hall–Kier alpha value is -0.788. The molecule has 5 heteroatoms. The predicted molar refractivity (Wildman–Crippen MR) is 71.5 cm³/mol. The van der Waals surface area contributed by atoms with Gasteiger partial charge in [-0.25, -0.2) is 8.78 Å². The van der Waals surface area contributed by atoms with E-state index in [1.165, 1.54) is 6.07 Å². The van der Waals surface area contributed by atoms with Crippen molar-refractivity contribution in [2.75, 3.05) is 18.5 Å². The first-order valence-corrected chi connectivity index (χ1v) is 6.66. The Kier molecular flexibility index (Phi) is 5.43. The first-order valence-electron chi connectivity index (χ1n) is 6.08. The third kappa shape index (κ3) is 3.15. The molecule has 0 saturated heterocycles. The molecule has 2 radical (unpaired) electrons. The molecule has 98 valence electrons. The molecular formula is C13H18AlF2NO. The fraction of sp³-hybridized carbons (Fsp3) is 0.538. The number of ether oxygens (including phenoxy) is 1. The minimum atomic E-state index is -2.45. The molecule has 1 heterocycles. The summed E-state index contributed by atoms with van der Waals surface area (Å²) in [5.41, 5.74) is 0.786. The average Bonchev–Trinajstić information content (AvgIpc) is 2.30. The van der Waals surface area contributed by atoms with Gasteiger partial charge in [-0.2, -0.15) is 0 Å². The van der Waals surface area contributed by atoms with Gasteiger partial charge in [-0.05, 0) is 19.1 Å². The van der Waals surface area contributed by atoms with Crippen LogP contribution in [0.1, 0.15) is 32.8 Å². The summed E-state index contributed by atoms with van der Waals surface area (Å²) < 4.78 is 31.6. The molecule has 2 rings (SSSR count). The number of alkyl halides is 2. The van der Waals surface area contributed by atoms with Gasteiger partial charge in [0, 0.05) is 12.6 Å². The van der Waals surface area contributed by atoms with E-state index in [0.717, 1.165) is 5.69 Å². The van der Waals surface area contributed by atoms with E-state index < -0.39 is 6.43 Å². The van der Waals surface area contributed by atoms with Crippen LogP contribution in [0.15, 0.2) is 12.1 Å². The molecule has 1 aliphatic heterocycles. The second kappa shape index (κ2) is 6.40. The van der Waals surface area contributed by atoms with Crippen molar-refractivity contribution in [3.63, 3.8) is 0 Å². The highest BCUT2D eigenvalue weighted by Gasteiger charge is 2.23. The molecule has 0 N–H and O–H groups in total. The van der Waals surface area contributed by atoms with E-state index in [0.29, 0.717) is 16.7 Å². The van der Waals surface area contributed by atoms with Crippen molar-refractivity contribution >= 4 is 26.4 Å². The number of fused-ring (bicyclic) bond motifs is 1. The molecule has 0 spiro atoms. The van der Waals surface area contributed by atoms with Crippen molar-refractivity contribution in [3.05, 3.63) is 17.7 Å². The van der Waals surface area contributed by atoms with E-state index in [9.17, 15) is 8.78 Å². The van der Waals surface area contributed by atoms with Crippen molar-refractivity contribution in [1.82, 2.24) is 0 Å². The summed E-state index contributed by atoms with van der Waals surface area (Å²) in [6.07, 6.45) is -2.37. The highest BCUT2D eigenvalue weighted by molar-refractivity contribution is 6.33. The minimum absolute atomic E-state index is 0.0498. The molecule has 0 aliphatic carbocycles. The van der Waals surface area contributed by atoms with E-state index in [-0.39, 0.29) is 11.7 Å². The second-order valence-electron chi connectivity index (χ2n) is 4.06. The average molecular weight is 269 g/mol. The Morgan fingerprint density at radius 3 is 2.56 bits per heavy atom. The Labute approximate surface area is 115 Å². The normalized spacial score (nSPS) is 17.7. The van der Waals surface area contributed by atoms with E-state index in [1.807, 2.05) is 32.7 Å². The van der Waals surface area contributed by atoms with E-state index in [2.05, 4.69) is 16.3 Å². The number of hydrogen-bond acceptors (Lipinski definition) is 2. The zero-order valence-electron chi connectivity index (χ0n) is 11.2. The van der Waals surface area contributed by atoms with Crippen LogP contribution in [0.5, 0.6) is 5.75 Å². The van der Waals surface area contributed by atoms with Gasteiger partial charge in [0.05, 0.1) is 12.2 Å². The first-order chi connectivity index (χ1) is 8.49. The van der Waals surface area contributed by atoms with Gasteiger partial charge in [0.1, 0.15) is 11.9 Å². The van der Waals surface area contributed by atoms with Gasteiger partial charge in [-0.3, -0.25) is 0 Å². The Balaban J connectivity index is 0.000000771. The van der Waals surface area contributed by atoms with Gasteiger partial charge in [0.2, 0.25) is 0 Å². The van der Waals surface area contributed by atoms with E-state index in [4.69, 9.17) is 4.74 Å². The quantitative estimate of drug-likeness (QED) is 0.727. The number of nitrogens with zero attached hydrogens (tertiary/aromatic N) is 1. The highest BCUT2D eigenvalue weighted by Crippen LogP contribution is 2.34. The molecule has 0 saturated carbocycles. The summed E-state index contributed by atoms with van der Waals surface area (Å²) in [5.74, 6) is 0.677. The topological polar surface area (TPSA) is 12.5 Å². The number of halogens is 2. The maximum Gasteiger partial charge on any atom is 0.262 e. The number of benzene rings is 1. The monoisotopic (exact) mass is 269 g/mol. The first kappa shape index (κ1) is 15.3. The van der Waals surface area contributed by atoms with Gasteiger partial charge in [-0.1, -0.05) is 13.8 Å². The predicted octanol–water partition coefficient (Wildman–Crippen LogP) is 2.66. The van der Waals surface area contributed by atoms with Crippen LogP contribution in [-0.2, 0) is 0 Å². The summed E-state index contributed by atoms with van der Waals surface area (Å²) in [7, 11) is 1.88. The molecule has 0 fully saturated rings. The summed E-state index contributed by atoms with van der Waals surface area (Å²) in [5, 5.41) is 0. The van der Waals surface area contributed by atoms with Crippen LogP contribution in [0.3, 0.4) is 0 Å². The van der Waals surface area contributed by atoms with E-state index >= 15 is 0 Å². The summed E-state index contributed by atoms with van der Waals surface area (Å²) in [4.78, 5) is 1.94. The fourth-order valence-corrected chi connectivity index (χ4v) is 2.28. The Bertz CT molecular complexity index is 412. The zero-order chi connectivity index (χ0) is 13.9. The maximum absolute atomic E-state index is 12.7. The molecule has 18 heavy (non-hydrogen) atoms. The molecule has 1 atom stereocenters. The van der Waals surface area contributed by atoms with Crippen LogP contribution in [0.2, 0.25) is 0 Å². The number of anilines is 1. The molecule has 0 aromatic heterocycles. The van der Waals surface area contributed by atoms with Crippen LogP contribution in [0.4, 0.5) is 14.5 Å². The number of hydrogen-bond donors (Lipinski definition) is 0. The Morgan fingerprint density at radius 2 is 2.00 bits per heavy atom. The Morgan fingerprint density at radius 1 is 1.39 bits per heavy atom. The molecule has 0 bridgehead atoms. The van der Waals surface area contributed by atoms with Crippen LogP contribution >= 0.6 is 0 Å². The molecule has 1 aromatic rings. The molecule has 0 amide bonds. The standard InChI is InChI=1S/C11H12F2NO.C2H6.Al/c1-7-6-14(2)9-5-8(11(12)13)3-4-10(9)15-7;1-2;/h4-5,7,11H,6H2,1-2H3;1-2H3;. The van der Waals surface area contributed by atoms with Gasteiger partial charge in [0.15, 0.2) is 16.3 Å². The highest BCUT2D eigenvalue weighted by atomic mass is 27.0. The van der Waals surface area contributed by atoms with E-state index in [1.54, 1.807) is 6.07 Å². The zero-order valence-corrected chi connectivity index (χ0v) is 12.4. The van der Waals surface area contributed by atoms with Crippen molar-refractivity contribution in [2.24, 2.45) is 0 Å². The summed E-state index contributed by atoms with van der Waals surface area (Å²) in [6, 6.07) is 3.17. The van der Waals surface area contributed by atoms with Crippen LogP contribution in [0.25, 0.3) is 0 Å². The fourth-order valence-electron chi connectivity index (χ4n) is 1.92. The van der Waals surface area contributed by atoms with Crippen molar-refractivity contribution in [2.45, 2.75) is 33.3 Å². The SMILES string of the molecule is CC.CC1CN(C)c2cc(C(F)F)[c]([Al])cc2O1. The molecular weight excluding hydrogens is 251 g/mol. The maximum atomic E-state index is 12.7. The number of likely N-dealkylation sites (N-methyl/N-ethyl adjacent to an activating group) is 1. The summed E-state index contributed by atoms with van der Waals surface area (Å²) in [6.45, 7) is 6.68. The lowest BCUT2D eigenvalue weighted by Gasteiger charge is -2.33. The molecule has 1 unspecified atom stereocenters. The molecule has 1 aromatic carbocycles. The summed E-state index contributed by atoms with van der Waals surface area (Å²) >= 11 is 2.33. The lowest BCUT2D eigenvalue weighted by atomic mass is 10.1. The molecule has 2 nitrogen and oxygen atoms in total. The van der Waals surface area contributed by atoms with Crippen LogP contribution < -0.4 is 14.1 Å². The lowest BCUT2D eigenvalue weighted by molar-refractivity contribution is 0.152. The van der Waals surface area contributed by atoms with Gasteiger partial charge in [0.25, 0.3) is 6.43 Å². The minimum Gasteiger partial charge on any atom is -0.487 e. The third-order valence-corrected chi connectivity index (χ3v) is 3.17. The van der Waals surface area contributed by atoms with Crippen LogP contribution in [-0.4, -0.2) is 36.0 Å². The van der Waals surface area contributed by atoms with Gasteiger partial charge >= 0.3 is 0 Å². The second-order valence-corrected chi connectivity index (χ2v) is 4.68. The van der Waals surface area contributed by atoms with Crippen LogP contribution in [0, 0.1) is 0 Å².